The smallest absolute Gasteiger partial charge is 0.247 e. The third-order valence-corrected chi connectivity index (χ3v) is 8.49. The quantitative estimate of drug-likeness (QED) is 0.530. The van der Waals surface area contributed by atoms with Crippen LogP contribution < -0.4 is 15.4 Å². The highest BCUT2D eigenvalue weighted by atomic mass is 32.2. The fraction of sp³-hybridized carbons (Fsp3) is 0.481. The van der Waals surface area contributed by atoms with E-state index < -0.39 is 15.9 Å². The molecule has 0 amide bonds. The Labute approximate surface area is 217 Å². The average Bonchev–Trinajstić information content (AvgIpc) is 3.33. The molecule has 3 heterocycles. The molecule has 0 unspecified atom stereocenters. The molecular formula is C27H34N4O5S. The Hall–Kier alpha value is -2.95. The molecule has 0 aliphatic carbocycles. The molecule has 1 fully saturated rings. The lowest BCUT2D eigenvalue weighted by atomic mass is 9.97. The Morgan fingerprint density at radius 2 is 1.81 bits per heavy atom. The third kappa shape index (κ3) is 5.81. The number of aromatic nitrogens is 2. The van der Waals surface area contributed by atoms with Crippen LogP contribution in [0.25, 0.3) is 11.5 Å². The molecule has 1 saturated heterocycles. The molecule has 2 aliphatic heterocycles. The van der Waals surface area contributed by atoms with E-state index in [2.05, 4.69) is 10.2 Å². The second-order valence-electron chi connectivity index (χ2n) is 10.8. The predicted octanol–water partition coefficient (Wildman–Crippen LogP) is 3.71. The van der Waals surface area contributed by atoms with Gasteiger partial charge in [-0.3, -0.25) is 0 Å². The lowest BCUT2D eigenvalue weighted by molar-refractivity contribution is 0.0255. The molecule has 5 rings (SSSR count). The zero-order valence-electron chi connectivity index (χ0n) is 21.5. The van der Waals surface area contributed by atoms with Crippen LogP contribution >= 0.6 is 0 Å². The van der Waals surface area contributed by atoms with Crippen LogP contribution in [0, 0.1) is 0 Å². The minimum Gasteiger partial charge on any atom is -0.490 e. The lowest BCUT2D eigenvalue weighted by Crippen LogP contribution is -2.39. The summed E-state index contributed by atoms with van der Waals surface area (Å²) in [7, 11) is -3.56. The van der Waals surface area contributed by atoms with E-state index in [1.807, 2.05) is 56.0 Å². The molecule has 1 aromatic heterocycles. The maximum Gasteiger partial charge on any atom is 0.247 e. The molecule has 198 valence electrons. The van der Waals surface area contributed by atoms with Crippen molar-refractivity contribution in [3.8, 4) is 17.2 Å². The summed E-state index contributed by atoms with van der Waals surface area (Å²) in [4.78, 5) is 2.28. The zero-order valence-corrected chi connectivity index (χ0v) is 22.3. The molecule has 2 N–H and O–H groups in total. The molecule has 10 heteroatoms. The number of hydrogen-bond donors (Lipinski definition) is 1. The van der Waals surface area contributed by atoms with Crippen LogP contribution in [0.5, 0.6) is 5.75 Å². The number of rotatable bonds is 5. The number of benzene rings is 2. The van der Waals surface area contributed by atoms with E-state index >= 15 is 0 Å². The molecule has 2 aromatic carbocycles. The van der Waals surface area contributed by atoms with Gasteiger partial charge in [0.2, 0.25) is 11.8 Å². The fourth-order valence-electron chi connectivity index (χ4n) is 4.64. The number of nitrogens with two attached hydrogens (primary N) is 1. The number of sulfone groups is 1. The number of ether oxygens (including phenoxy) is 2. The first-order chi connectivity index (χ1) is 17.6. The highest BCUT2D eigenvalue weighted by Crippen LogP contribution is 2.35. The fourth-order valence-corrected chi connectivity index (χ4v) is 6.27. The maximum absolute atomic E-state index is 13.1. The van der Waals surface area contributed by atoms with Gasteiger partial charge in [0.15, 0.2) is 9.84 Å². The van der Waals surface area contributed by atoms with Gasteiger partial charge in [-0.15, -0.1) is 10.2 Å². The Morgan fingerprint density at radius 1 is 1.08 bits per heavy atom. The topological polar surface area (TPSA) is 121 Å². The van der Waals surface area contributed by atoms with Gasteiger partial charge in [0.1, 0.15) is 11.9 Å². The van der Waals surface area contributed by atoms with E-state index in [4.69, 9.17) is 19.6 Å². The second-order valence-corrected chi connectivity index (χ2v) is 12.8. The number of nitrogens with zero attached hydrogens (tertiary/aromatic N) is 3. The van der Waals surface area contributed by atoms with E-state index in [-0.39, 0.29) is 22.2 Å². The Balaban J connectivity index is 1.43. The van der Waals surface area contributed by atoms with Gasteiger partial charge < -0.3 is 24.5 Å². The molecular weight excluding hydrogens is 492 g/mol. The molecule has 37 heavy (non-hydrogen) atoms. The zero-order chi connectivity index (χ0) is 26.2. The SMILES string of the molecule is CC(C)(C)c1nnc(-c2ccc3c(c2)N(Cc2ccc(OC4CCOCC4)cc2)C[C@@H](N)CS3(=O)=O)o1. The molecule has 0 bridgehead atoms. The highest BCUT2D eigenvalue weighted by molar-refractivity contribution is 7.91. The molecule has 0 radical (unpaired) electrons. The number of anilines is 1. The molecule has 3 aromatic rings. The summed E-state index contributed by atoms with van der Waals surface area (Å²) >= 11 is 0. The van der Waals surface area contributed by atoms with E-state index in [0.29, 0.717) is 36.1 Å². The van der Waals surface area contributed by atoms with Crippen LogP contribution in [-0.4, -0.2) is 56.3 Å². The number of hydrogen-bond acceptors (Lipinski definition) is 9. The van der Waals surface area contributed by atoms with Gasteiger partial charge >= 0.3 is 0 Å². The van der Waals surface area contributed by atoms with Crippen molar-refractivity contribution in [1.29, 1.82) is 0 Å². The van der Waals surface area contributed by atoms with Crippen molar-refractivity contribution in [3.05, 3.63) is 53.9 Å². The first-order valence-electron chi connectivity index (χ1n) is 12.6. The maximum atomic E-state index is 13.1. The largest absolute Gasteiger partial charge is 0.490 e. The van der Waals surface area contributed by atoms with Crippen molar-refractivity contribution < 1.29 is 22.3 Å². The predicted molar refractivity (Wildman–Crippen MR) is 140 cm³/mol. The van der Waals surface area contributed by atoms with Gasteiger partial charge in [-0.1, -0.05) is 32.9 Å². The van der Waals surface area contributed by atoms with Crippen LogP contribution in [0.2, 0.25) is 0 Å². The summed E-state index contributed by atoms with van der Waals surface area (Å²) in [6, 6.07) is 12.6. The van der Waals surface area contributed by atoms with Gasteiger partial charge in [-0.05, 0) is 35.9 Å². The average molecular weight is 527 g/mol. The normalized spacial score (nSPS) is 20.3. The van der Waals surface area contributed by atoms with E-state index in [9.17, 15) is 8.42 Å². The van der Waals surface area contributed by atoms with Crippen LogP contribution in [0.4, 0.5) is 5.69 Å². The van der Waals surface area contributed by atoms with E-state index in [0.717, 1.165) is 37.4 Å². The first kappa shape index (κ1) is 25.7. The van der Waals surface area contributed by atoms with Crippen molar-refractivity contribution in [2.75, 3.05) is 30.4 Å². The van der Waals surface area contributed by atoms with Crippen molar-refractivity contribution in [1.82, 2.24) is 10.2 Å². The van der Waals surface area contributed by atoms with Crippen molar-refractivity contribution >= 4 is 15.5 Å². The van der Waals surface area contributed by atoms with Crippen LogP contribution in [0.3, 0.4) is 0 Å². The van der Waals surface area contributed by atoms with Crippen molar-refractivity contribution in [3.63, 3.8) is 0 Å². The standard InChI is InChI=1S/C27H34N4O5S/c1-27(2,3)26-30-29-25(36-26)19-6-9-24-23(14-19)31(16-20(28)17-37(24,32)33)15-18-4-7-21(8-5-18)35-22-10-12-34-13-11-22/h4-9,14,20,22H,10-13,15-17,28H2,1-3H3/t20-/m1/s1. The second kappa shape index (κ2) is 10.1. The third-order valence-electron chi connectivity index (χ3n) is 6.60. The molecule has 1 atom stereocenters. The summed E-state index contributed by atoms with van der Waals surface area (Å²) < 4.78 is 43.7. The molecule has 0 saturated carbocycles. The van der Waals surface area contributed by atoms with Crippen LogP contribution in [0.15, 0.2) is 51.8 Å². The van der Waals surface area contributed by atoms with E-state index in [1.54, 1.807) is 12.1 Å². The summed E-state index contributed by atoms with van der Waals surface area (Å²) in [6.45, 7) is 8.33. The van der Waals surface area contributed by atoms with Crippen molar-refractivity contribution in [2.24, 2.45) is 5.73 Å². The summed E-state index contributed by atoms with van der Waals surface area (Å²) in [5, 5.41) is 8.40. The molecule has 2 aliphatic rings. The first-order valence-corrected chi connectivity index (χ1v) is 14.3. The Morgan fingerprint density at radius 3 is 2.49 bits per heavy atom. The Kier molecular flexibility index (Phi) is 6.99. The van der Waals surface area contributed by atoms with Gasteiger partial charge in [0, 0.05) is 43.0 Å². The highest BCUT2D eigenvalue weighted by Gasteiger charge is 2.31. The van der Waals surface area contributed by atoms with Crippen LogP contribution in [-0.2, 0) is 26.5 Å². The minimum absolute atomic E-state index is 0.109. The summed E-state index contributed by atoms with van der Waals surface area (Å²) in [5.74, 6) is 1.59. The van der Waals surface area contributed by atoms with Gasteiger partial charge in [-0.25, -0.2) is 8.42 Å². The summed E-state index contributed by atoms with van der Waals surface area (Å²) in [6.07, 6.45) is 1.94. The van der Waals surface area contributed by atoms with Gasteiger partial charge in [-0.2, -0.15) is 0 Å². The lowest BCUT2D eigenvalue weighted by Gasteiger charge is -2.27. The van der Waals surface area contributed by atoms with Gasteiger partial charge in [0.05, 0.1) is 29.5 Å². The van der Waals surface area contributed by atoms with E-state index in [1.165, 1.54) is 0 Å². The van der Waals surface area contributed by atoms with Crippen LogP contribution in [0.1, 0.15) is 45.1 Å². The molecule has 0 spiro atoms. The van der Waals surface area contributed by atoms with Gasteiger partial charge in [0.25, 0.3) is 0 Å². The summed E-state index contributed by atoms with van der Waals surface area (Å²) in [5.41, 5.74) is 8.25. The minimum atomic E-state index is -3.56. The Bertz CT molecular complexity index is 1340. The monoisotopic (exact) mass is 526 g/mol. The molecule has 9 nitrogen and oxygen atoms in total. The number of fused-ring (bicyclic) bond motifs is 1. The van der Waals surface area contributed by atoms with Crippen molar-refractivity contribution in [2.45, 2.75) is 62.6 Å².